The van der Waals surface area contributed by atoms with Crippen LogP contribution in [0.15, 0.2) is 53.2 Å². The Labute approximate surface area is 207 Å². The molecule has 0 saturated carbocycles. The number of nitrogens with one attached hydrogen (secondary N) is 1. The number of fused-ring (bicyclic) bond motifs is 1. The summed E-state index contributed by atoms with van der Waals surface area (Å²) in [6.45, 7) is 4.80. The molecule has 0 spiro atoms. The summed E-state index contributed by atoms with van der Waals surface area (Å²) in [6.07, 6.45) is 5.07. The number of piperidine rings is 1. The van der Waals surface area contributed by atoms with Crippen molar-refractivity contribution >= 4 is 34.6 Å². The Morgan fingerprint density at radius 2 is 2.06 bits per heavy atom. The number of rotatable bonds is 5. The quantitative estimate of drug-likeness (QED) is 0.381. The number of aromatic nitrogens is 3. The van der Waals surface area contributed by atoms with Gasteiger partial charge in [-0.15, -0.1) is 0 Å². The van der Waals surface area contributed by atoms with Gasteiger partial charge in [0.1, 0.15) is 11.3 Å². The van der Waals surface area contributed by atoms with Crippen LogP contribution in [0.25, 0.3) is 22.5 Å². The van der Waals surface area contributed by atoms with Crippen molar-refractivity contribution in [3.05, 3.63) is 70.8 Å². The van der Waals surface area contributed by atoms with E-state index >= 15 is 0 Å². The summed E-state index contributed by atoms with van der Waals surface area (Å²) in [7, 11) is 0. The lowest BCUT2D eigenvalue weighted by Crippen LogP contribution is -2.51. The van der Waals surface area contributed by atoms with Crippen LogP contribution in [0.2, 0.25) is 5.02 Å². The second-order valence-corrected chi connectivity index (χ2v) is 9.35. The van der Waals surface area contributed by atoms with Crippen LogP contribution < -0.4 is 5.32 Å². The molecule has 1 saturated heterocycles. The largest absolute Gasteiger partial charge is 0.424 e. The van der Waals surface area contributed by atoms with Gasteiger partial charge in [-0.05, 0) is 67.6 Å². The third-order valence-corrected chi connectivity index (χ3v) is 6.76. The smallest absolute Gasteiger partial charge is 0.295 e. The number of aryl methyl sites for hydroxylation is 1. The number of nitrogens with zero attached hydrogens (tertiary/aromatic N) is 4. The van der Waals surface area contributed by atoms with Crippen molar-refractivity contribution in [1.82, 2.24) is 19.9 Å². The number of hydrogen-bond acceptors (Lipinski definition) is 6. The third kappa shape index (κ3) is 4.71. The molecule has 2 aromatic heterocycles. The van der Waals surface area contributed by atoms with E-state index in [1.165, 1.54) is 6.07 Å². The molecule has 0 bridgehead atoms. The van der Waals surface area contributed by atoms with Crippen molar-refractivity contribution in [3.63, 3.8) is 0 Å². The lowest BCUT2D eigenvalue weighted by atomic mass is 9.89. The molecule has 1 aliphatic rings. The average Bonchev–Trinajstić information content (AvgIpc) is 3.26. The van der Waals surface area contributed by atoms with Crippen molar-refractivity contribution in [2.45, 2.75) is 32.7 Å². The highest BCUT2D eigenvalue weighted by Crippen LogP contribution is 2.30. The second kappa shape index (κ2) is 9.62. The van der Waals surface area contributed by atoms with Gasteiger partial charge in [-0.1, -0.05) is 18.5 Å². The molecule has 1 N–H and O–H groups in total. The van der Waals surface area contributed by atoms with Crippen molar-refractivity contribution in [1.29, 1.82) is 0 Å². The average molecular weight is 494 g/mol. The predicted molar refractivity (Wildman–Crippen MR) is 133 cm³/mol. The van der Waals surface area contributed by atoms with Crippen molar-refractivity contribution in [2.75, 3.05) is 18.4 Å². The number of anilines is 1. The molecule has 1 fully saturated rings. The topological polar surface area (TPSA) is 84.2 Å². The molecular formula is C26H25ClFN5O2. The van der Waals surface area contributed by atoms with E-state index in [0.29, 0.717) is 52.2 Å². The van der Waals surface area contributed by atoms with Crippen molar-refractivity contribution in [2.24, 2.45) is 5.92 Å². The molecule has 7 nitrogen and oxygen atoms in total. The lowest BCUT2D eigenvalue weighted by Gasteiger charge is -2.40. The minimum Gasteiger partial charge on any atom is -0.424 e. The monoisotopic (exact) mass is 493 g/mol. The first kappa shape index (κ1) is 23.2. The number of carbonyl (C=O) groups excluding carboxylic acids is 1. The molecule has 0 unspecified atom stereocenters. The lowest BCUT2D eigenvalue weighted by molar-refractivity contribution is 0.0539. The normalized spacial score (nSPS) is 18.1. The predicted octanol–water partition coefficient (Wildman–Crippen LogP) is 5.74. The highest BCUT2D eigenvalue weighted by molar-refractivity contribution is 6.31. The summed E-state index contributed by atoms with van der Waals surface area (Å²) in [6, 6.07) is 10.1. The van der Waals surface area contributed by atoms with E-state index in [1.54, 1.807) is 49.6 Å². The van der Waals surface area contributed by atoms with Crippen LogP contribution in [0.4, 0.5) is 10.4 Å². The van der Waals surface area contributed by atoms with Crippen LogP contribution in [-0.4, -0.2) is 44.9 Å². The first-order valence-corrected chi connectivity index (χ1v) is 12.0. The molecule has 5 rings (SSSR count). The summed E-state index contributed by atoms with van der Waals surface area (Å²) in [4.78, 5) is 28.7. The maximum absolute atomic E-state index is 14.6. The first-order valence-electron chi connectivity index (χ1n) is 11.6. The zero-order valence-electron chi connectivity index (χ0n) is 19.5. The zero-order valence-corrected chi connectivity index (χ0v) is 20.2. The number of likely N-dealkylation sites (tertiary alicyclic amines) is 1. The van der Waals surface area contributed by atoms with Gasteiger partial charge in [-0.25, -0.2) is 14.4 Å². The number of carbonyl (C=O) groups is 1. The van der Waals surface area contributed by atoms with Crippen LogP contribution in [0.3, 0.4) is 0 Å². The van der Waals surface area contributed by atoms with E-state index in [4.69, 9.17) is 16.0 Å². The Morgan fingerprint density at radius 3 is 2.86 bits per heavy atom. The van der Waals surface area contributed by atoms with E-state index in [2.05, 4.69) is 27.2 Å². The summed E-state index contributed by atoms with van der Waals surface area (Å²) >= 11 is 6.05. The van der Waals surface area contributed by atoms with Gasteiger partial charge in [-0.2, -0.15) is 4.98 Å². The van der Waals surface area contributed by atoms with Gasteiger partial charge in [0.15, 0.2) is 11.4 Å². The molecule has 0 radical (unpaired) electrons. The van der Waals surface area contributed by atoms with Crippen molar-refractivity contribution < 1.29 is 13.6 Å². The molecule has 4 aromatic rings. The highest BCUT2D eigenvalue weighted by atomic mass is 35.5. The minimum absolute atomic E-state index is 0.135. The highest BCUT2D eigenvalue weighted by Gasteiger charge is 2.34. The van der Waals surface area contributed by atoms with E-state index in [-0.39, 0.29) is 23.4 Å². The Kier molecular flexibility index (Phi) is 6.38. The van der Waals surface area contributed by atoms with Crippen LogP contribution in [-0.2, 0) is 0 Å². The number of amides is 1. The van der Waals surface area contributed by atoms with Crippen LogP contribution in [0, 0.1) is 18.7 Å². The van der Waals surface area contributed by atoms with Gasteiger partial charge in [0.25, 0.3) is 11.9 Å². The maximum Gasteiger partial charge on any atom is 0.295 e. The zero-order chi connectivity index (χ0) is 24.5. The fourth-order valence-corrected chi connectivity index (χ4v) is 4.78. The summed E-state index contributed by atoms with van der Waals surface area (Å²) in [5.41, 5.74) is 2.51. The van der Waals surface area contributed by atoms with E-state index < -0.39 is 5.82 Å². The molecule has 9 heteroatoms. The van der Waals surface area contributed by atoms with E-state index in [0.717, 1.165) is 12.8 Å². The van der Waals surface area contributed by atoms with Crippen LogP contribution in [0.5, 0.6) is 0 Å². The summed E-state index contributed by atoms with van der Waals surface area (Å²) < 4.78 is 20.4. The van der Waals surface area contributed by atoms with Crippen LogP contribution >= 0.6 is 11.6 Å². The minimum atomic E-state index is -0.432. The van der Waals surface area contributed by atoms with Gasteiger partial charge < -0.3 is 14.6 Å². The molecule has 1 aliphatic heterocycles. The van der Waals surface area contributed by atoms with E-state index in [1.807, 2.05) is 4.90 Å². The molecule has 0 aliphatic carbocycles. The van der Waals surface area contributed by atoms with Crippen molar-refractivity contribution in [3.8, 4) is 11.4 Å². The van der Waals surface area contributed by atoms with Gasteiger partial charge in [0.2, 0.25) is 0 Å². The summed E-state index contributed by atoms with van der Waals surface area (Å²) in [5.74, 6) is -0.0542. The number of halogens is 2. The third-order valence-electron chi connectivity index (χ3n) is 6.52. The first-order chi connectivity index (χ1) is 16.9. The molecule has 2 aromatic carbocycles. The maximum atomic E-state index is 14.6. The van der Waals surface area contributed by atoms with Crippen LogP contribution in [0.1, 0.15) is 35.7 Å². The fourth-order valence-electron chi connectivity index (χ4n) is 4.62. The van der Waals surface area contributed by atoms with Gasteiger partial charge >= 0.3 is 0 Å². The molecule has 1 amide bonds. The second-order valence-electron chi connectivity index (χ2n) is 8.92. The number of hydrogen-bond donors (Lipinski definition) is 1. The number of oxazole rings is 1. The SMILES string of the molecule is Cc1cc(-c2ncccn2)c(C(=O)N2CCC[C@@H](C)[C@H]2CNc2nc3cc(Cl)ccc3o2)cc1F. The Balaban J connectivity index is 1.43. The number of benzene rings is 2. The fraction of sp³-hybridized carbons (Fsp3) is 0.308. The Bertz CT molecular complexity index is 1380. The van der Waals surface area contributed by atoms with Gasteiger partial charge in [0.05, 0.1) is 11.6 Å². The standard InChI is InChI=1S/C26H25ClFN5O2/c1-15-5-3-10-33(22(15)14-31-26-32-21-12-17(27)6-7-23(21)35-26)25(34)19-13-20(28)16(2)11-18(19)24-29-8-4-9-30-24/h4,6-9,11-13,15,22H,3,5,10,14H2,1-2H3,(H,31,32)/t15-,22-/m1/s1. The molecule has 2 atom stereocenters. The Hall–Kier alpha value is -3.52. The Morgan fingerprint density at radius 1 is 1.26 bits per heavy atom. The molecule has 3 heterocycles. The van der Waals surface area contributed by atoms with Gasteiger partial charge in [0, 0.05) is 36.1 Å². The molecule has 180 valence electrons. The summed E-state index contributed by atoms with van der Waals surface area (Å²) in [5, 5.41) is 3.83. The van der Waals surface area contributed by atoms with E-state index in [9.17, 15) is 9.18 Å². The van der Waals surface area contributed by atoms with Gasteiger partial charge in [-0.3, -0.25) is 4.79 Å². The molecule has 35 heavy (non-hydrogen) atoms. The molecular weight excluding hydrogens is 469 g/mol.